The monoisotopic (exact) mass is 510 g/mol. The first-order valence-corrected chi connectivity index (χ1v) is 14.1. The molecule has 196 valence electrons. The molecular weight excluding hydrogens is 472 g/mol. The molecule has 1 aromatic carbocycles. The number of benzene rings is 1. The van der Waals surface area contributed by atoms with E-state index < -0.39 is 22.2 Å². The zero-order valence-corrected chi connectivity index (χ0v) is 21.8. The Hall–Kier alpha value is -2.37. The number of aliphatic hydroxyl groups is 1. The van der Waals surface area contributed by atoms with E-state index >= 15 is 0 Å². The number of amides is 3. The third-order valence-corrected chi connectivity index (χ3v) is 8.16. The number of urea groups is 1. The largest absolute Gasteiger partial charge is 0.486 e. The lowest BCUT2D eigenvalue weighted by Gasteiger charge is -2.38. The van der Waals surface area contributed by atoms with Crippen LogP contribution in [0.5, 0.6) is 5.75 Å². The maximum absolute atomic E-state index is 13.5. The van der Waals surface area contributed by atoms with Crippen LogP contribution in [0.25, 0.3) is 0 Å². The molecule has 1 fully saturated rings. The number of hydrogen-bond donors (Lipinski definition) is 3. The lowest BCUT2D eigenvalue weighted by molar-refractivity contribution is 0.0389. The molecule has 10 nitrogen and oxygen atoms in total. The van der Waals surface area contributed by atoms with Gasteiger partial charge in [-0.3, -0.25) is 4.79 Å². The molecule has 3 rings (SSSR count). The number of ether oxygens (including phenoxy) is 1. The molecule has 0 unspecified atom stereocenters. The summed E-state index contributed by atoms with van der Waals surface area (Å²) in [5.41, 5.74) is 0.585. The first kappa shape index (κ1) is 27.2. The molecule has 1 heterocycles. The molecule has 1 aliphatic heterocycles. The van der Waals surface area contributed by atoms with Gasteiger partial charge in [-0.25, -0.2) is 17.5 Å². The molecule has 1 aromatic rings. The Labute approximate surface area is 208 Å². The summed E-state index contributed by atoms with van der Waals surface area (Å²) in [6.07, 6.45) is 5.72. The molecule has 3 N–H and O–H groups in total. The van der Waals surface area contributed by atoms with Crippen molar-refractivity contribution in [2.75, 3.05) is 38.3 Å². The van der Waals surface area contributed by atoms with Gasteiger partial charge in [0, 0.05) is 25.6 Å². The maximum atomic E-state index is 13.5. The number of para-hydroxylation sites is 1. The molecule has 35 heavy (non-hydrogen) atoms. The van der Waals surface area contributed by atoms with Crippen molar-refractivity contribution >= 4 is 27.6 Å². The van der Waals surface area contributed by atoms with Crippen LogP contribution in [-0.4, -0.2) is 85.9 Å². The molecule has 3 atom stereocenters. The van der Waals surface area contributed by atoms with Gasteiger partial charge >= 0.3 is 6.03 Å². The predicted molar refractivity (Wildman–Crippen MR) is 134 cm³/mol. The Bertz CT molecular complexity index is 1010. The zero-order valence-electron chi connectivity index (χ0n) is 21.0. The summed E-state index contributed by atoms with van der Waals surface area (Å²) in [5.74, 6) is -0.376. The molecule has 0 bridgehead atoms. The van der Waals surface area contributed by atoms with Gasteiger partial charge in [0.05, 0.1) is 36.7 Å². The van der Waals surface area contributed by atoms with E-state index in [1.807, 2.05) is 6.92 Å². The molecule has 0 spiro atoms. The second-order valence-electron chi connectivity index (χ2n) is 9.78. The minimum Gasteiger partial charge on any atom is -0.486 e. The second-order valence-corrected chi connectivity index (χ2v) is 11.9. The van der Waals surface area contributed by atoms with Gasteiger partial charge in [-0.15, -0.1) is 0 Å². The minimum atomic E-state index is -3.46. The fraction of sp³-hybridized carbons (Fsp3) is 0.667. The Morgan fingerprint density at radius 3 is 2.60 bits per heavy atom. The van der Waals surface area contributed by atoms with Crippen LogP contribution in [0.1, 0.15) is 56.3 Å². The summed E-state index contributed by atoms with van der Waals surface area (Å²) < 4.78 is 31.7. The number of nitrogens with zero attached hydrogens (tertiary/aromatic N) is 2. The van der Waals surface area contributed by atoms with E-state index in [-0.39, 0.29) is 54.9 Å². The van der Waals surface area contributed by atoms with Gasteiger partial charge in [-0.2, -0.15) is 0 Å². The molecule has 1 aliphatic carbocycles. The number of anilines is 1. The Morgan fingerprint density at radius 1 is 1.29 bits per heavy atom. The van der Waals surface area contributed by atoms with Gasteiger partial charge in [0.25, 0.3) is 5.91 Å². The van der Waals surface area contributed by atoms with Crippen LogP contribution in [0.3, 0.4) is 0 Å². The van der Waals surface area contributed by atoms with Crippen LogP contribution < -0.4 is 15.4 Å². The number of sulfonamides is 1. The van der Waals surface area contributed by atoms with E-state index in [0.717, 1.165) is 31.9 Å². The number of likely N-dealkylation sites (N-methyl/N-ethyl adjacent to an activating group) is 1. The molecule has 0 saturated heterocycles. The highest BCUT2D eigenvalue weighted by atomic mass is 32.2. The van der Waals surface area contributed by atoms with E-state index in [1.165, 1.54) is 17.8 Å². The standard InChI is InChI=1S/C24H38N4O6S/c1-16-13-28(17(2)15-29)23(30)19-11-8-12-20(26-24(31)25-18-9-6-5-7-10-18)22(19)34-21(16)14-27(3)35(4,32)33/h8,11-12,16-18,21,29H,5-7,9-10,13-15H2,1-4H3,(H2,25,26,31)/t16-,17+,21-/m0/s1. The van der Waals surface area contributed by atoms with Crippen LogP contribution >= 0.6 is 0 Å². The van der Waals surface area contributed by atoms with Crippen LogP contribution in [0.2, 0.25) is 0 Å². The van der Waals surface area contributed by atoms with Crippen LogP contribution in [-0.2, 0) is 10.0 Å². The summed E-state index contributed by atoms with van der Waals surface area (Å²) in [7, 11) is -1.98. The van der Waals surface area contributed by atoms with Crippen molar-refractivity contribution in [1.82, 2.24) is 14.5 Å². The lowest BCUT2D eigenvalue weighted by Crippen LogP contribution is -2.50. The summed E-state index contributed by atoms with van der Waals surface area (Å²) in [6, 6.07) is 4.23. The van der Waals surface area contributed by atoms with Crippen molar-refractivity contribution in [1.29, 1.82) is 0 Å². The van der Waals surface area contributed by atoms with E-state index in [1.54, 1.807) is 30.0 Å². The summed E-state index contributed by atoms with van der Waals surface area (Å²) in [5, 5.41) is 15.6. The van der Waals surface area contributed by atoms with Crippen LogP contribution in [0, 0.1) is 5.92 Å². The number of nitrogens with one attached hydrogen (secondary N) is 2. The average molecular weight is 511 g/mol. The van der Waals surface area contributed by atoms with Gasteiger partial charge in [0.15, 0.2) is 5.75 Å². The van der Waals surface area contributed by atoms with Gasteiger partial charge in [0.1, 0.15) is 6.10 Å². The summed E-state index contributed by atoms with van der Waals surface area (Å²) in [6.45, 7) is 3.76. The first-order chi connectivity index (χ1) is 16.5. The smallest absolute Gasteiger partial charge is 0.319 e. The predicted octanol–water partition coefficient (Wildman–Crippen LogP) is 2.25. The van der Waals surface area contributed by atoms with Crippen molar-refractivity contribution < 1.29 is 27.9 Å². The normalized spacial score (nSPS) is 22.6. The average Bonchev–Trinajstić information content (AvgIpc) is 2.81. The van der Waals surface area contributed by atoms with Crippen LogP contribution in [0.15, 0.2) is 18.2 Å². The SMILES string of the molecule is C[C@H](CO)N1C[C@H](C)[C@H](CN(C)S(C)(=O)=O)Oc2c(NC(=O)NC3CCCCC3)cccc2C1=O. The Balaban J connectivity index is 1.95. The summed E-state index contributed by atoms with van der Waals surface area (Å²) >= 11 is 0. The Kier molecular flexibility index (Phi) is 9.00. The van der Waals surface area contributed by atoms with Crippen molar-refractivity contribution in [3.8, 4) is 5.75 Å². The Morgan fingerprint density at radius 2 is 1.97 bits per heavy atom. The second kappa shape index (κ2) is 11.6. The van der Waals surface area contributed by atoms with Gasteiger partial charge < -0.3 is 25.4 Å². The molecule has 11 heteroatoms. The number of hydrogen-bond acceptors (Lipinski definition) is 6. The fourth-order valence-electron chi connectivity index (χ4n) is 4.54. The highest BCUT2D eigenvalue weighted by Crippen LogP contribution is 2.35. The highest BCUT2D eigenvalue weighted by Gasteiger charge is 2.35. The number of carbonyl (C=O) groups excluding carboxylic acids is 2. The third kappa shape index (κ3) is 6.86. The number of fused-ring (bicyclic) bond motifs is 1. The van der Waals surface area contributed by atoms with Crippen LogP contribution in [0.4, 0.5) is 10.5 Å². The molecule has 3 amide bonds. The van der Waals surface area contributed by atoms with Gasteiger partial charge in [-0.1, -0.05) is 32.3 Å². The topological polar surface area (TPSA) is 128 Å². The number of aliphatic hydroxyl groups excluding tert-OH is 1. The quantitative estimate of drug-likeness (QED) is 0.516. The van der Waals surface area contributed by atoms with Gasteiger partial charge in [-0.05, 0) is 31.9 Å². The molecule has 0 aromatic heterocycles. The van der Waals surface area contributed by atoms with Crippen molar-refractivity contribution in [3.63, 3.8) is 0 Å². The summed E-state index contributed by atoms with van der Waals surface area (Å²) in [4.78, 5) is 27.8. The molecule has 1 saturated carbocycles. The molecular formula is C24H38N4O6S. The first-order valence-electron chi connectivity index (χ1n) is 12.2. The van der Waals surface area contributed by atoms with Gasteiger partial charge in [0.2, 0.25) is 10.0 Å². The van der Waals surface area contributed by atoms with E-state index in [4.69, 9.17) is 4.74 Å². The fourth-order valence-corrected chi connectivity index (χ4v) is 4.96. The van der Waals surface area contributed by atoms with Crippen molar-refractivity contribution in [2.24, 2.45) is 5.92 Å². The van der Waals surface area contributed by atoms with E-state index in [2.05, 4.69) is 10.6 Å². The highest BCUT2D eigenvalue weighted by molar-refractivity contribution is 7.88. The zero-order chi connectivity index (χ0) is 25.8. The van der Waals surface area contributed by atoms with Crippen molar-refractivity contribution in [2.45, 2.75) is 64.1 Å². The minimum absolute atomic E-state index is 0.0670. The van der Waals surface area contributed by atoms with Crippen molar-refractivity contribution in [3.05, 3.63) is 23.8 Å². The number of rotatable bonds is 7. The molecule has 0 radical (unpaired) electrons. The molecule has 2 aliphatic rings. The number of carbonyl (C=O) groups is 2. The maximum Gasteiger partial charge on any atom is 0.319 e. The van der Waals surface area contributed by atoms with E-state index in [9.17, 15) is 23.1 Å². The van der Waals surface area contributed by atoms with E-state index in [0.29, 0.717) is 5.69 Å². The third-order valence-electron chi connectivity index (χ3n) is 6.88. The lowest BCUT2D eigenvalue weighted by atomic mass is 9.96.